The molecule has 118 valence electrons. The summed E-state index contributed by atoms with van der Waals surface area (Å²) < 4.78 is 5.11. The molecule has 8 heteroatoms. The van der Waals surface area contributed by atoms with Crippen LogP contribution in [0.4, 0.5) is 11.6 Å². The first kappa shape index (κ1) is 15.3. The Kier molecular flexibility index (Phi) is 4.44. The Labute approximate surface area is 139 Å². The van der Waals surface area contributed by atoms with Crippen LogP contribution in [0, 0.1) is 11.3 Å². The van der Waals surface area contributed by atoms with Crippen molar-refractivity contribution in [1.29, 1.82) is 5.26 Å². The number of nitrogens with zero attached hydrogens (tertiary/aromatic N) is 6. The number of nitriles is 1. The molecule has 2 aromatic heterocycles. The van der Waals surface area contributed by atoms with Gasteiger partial charge in [-0.3, -0.25) is 4.98 Å². The summed E-state index contributed by atoms with van der Waals surface area (Å²) >= 11 is 5.93. The third-order valence-corrected chi connectivity index (χ3v) is 3.98. The molecule has 0 radical (unpaired) electrons. The van der Waals surface area contributed by atoms with Crippen LogP contribution in [0.25, 0.3) is 0 Å². The van der Waals surface area contributed by atoms with Gasteiger partial charge in [-0.15, -0.1) is 0 Å². The number of hydrogen-bond donors (Lipinski definition) is 0. The maximum absolute atomic E-state index is 9.03. The van der Waals surface area contributed by atoms with Crippen molar-refractivity contribution >= 4 is 23.2 Å². The third-order valence-electron chi connectivity index (χ3n) is 3.67. The maximum Gasteiger partial charge on any atom is 0.233 e. The second-order valence-corrected chi connectivity index (χ2v) is 5.41. The first-order valence-electron chi connectivity index (χ1n) is 7.14. The molecule has 1 saturated heterocycles. The van der Waals surface area contributed by atoms with Gasteiger partial charge in [0.2, 0.25) is 5.88 Å². The first-order valence-corrected chi connectivity index (χ1v) is 7.51. The van der Waals surface area contributed by atoms with Crippen molar-refractivity contribution < 1.29 is 4.74 Å². The molecule has 3 heterocycles. The minimum atomic E-state index is 0.255. The van der Waals surface area contributed by atoms with Crippen molar-refractivity contribution in [2.24, 2.45) is 0 Å². The van der Waals surface area contributed by atoms with E-state index in [9.17, 15) is 0 Å². The summed E-state index contributed by atoms with van der Waals surface area (Å²) in [6, 6.07) is 5.56. The minimum Gasteiger partial charge on any atom is -0.480 e. The summed E-state index contributed by atoms with van der Waals surface area (Å²) in [5.74, 6) is 2.07. The smallest absolute Gasteiger partial charge is 0.233 e. The van der Waals surface area contributed by atoms with E-state index in [1.54, 1.807) is 25.6 Å². The maximum atomic E-state index is 9.03. The van der Waals surface area contributed by atoms with Gasteiger partial charge in [0, 0.05) is 26.2 Å². The van der Waals surface area contributed by atoms with E-state index in [2.05, 4.69) is 24.8 Å². The highest BCUT2D eigenvalue weighted by Gasteiger charge is 2.20. The summed E-state index contributed by atoms with van der Waals surface area (Å²) in [7, 11) is 1.57. The molecule has 23 heavy (non-hydrogen) atoms. The molecule has 7 nitrogen and oxygen atoms in total. The summed E-state index contributed by atoms with van der Waals surface area (Å²) in [6.45, 7) is 3.12. The van der Waals surface area contributed by atoms with Crippen LogP contribution in [0.15, 0.2) is 24.5 Å². The fourth-order valence-electron chi connectivity index (χ4n) is 2.44. The zero-order valence-corrected chi connectivity index (χ0v) is 13.4. The van der Waals surface area contributed by atoms with Crippen LogP contribution in [0.3, 0.4) is 0 Å². The highest BCUT2D eigenvalue weighted by Crippen LogP contribution is 2.21. The Hall–Kier alpha value is -2.59. The van der Waals surface area contributed by atoms with Gasteiger partial charge in [0.15, 0.2) is 11.5 Å². The molecule has 1 aliphatic rings. The normalized spacial score (nSPS) is 14.5. The molecule has 1 aliphatic heterocycles. The molecule has 0 unspecified atom stereocenters. The second-order valence-electron chi connectivity index (χ2n) is 5.01. The largest absolute Gasteiger partial charge is 0.480 e. The lowest BCUT2D eigenvalue weighted by Crippen LogP contribution is -2.47. The molecular weight excluding hydrogens is 316 g/mol. The monoisotopic (exact) mass is 330 g/mol. The van der Waals surface area contributed by atoms with Gasteiger partial charge in [0.05, 0.1) is 24.5 Å². The van der Waals surface area contributed by atoms with Crippen molar-refractivity contribution in [3.63, 3.8) is 0 Å². The number of piperazine rings is 1. The van der Waals surface area contributed by atoms with Crippen LogP contribution in [0.1, 0.15) is 5.69 Å². The van der Waals surface area contributed by atoms with E-state index in [1.165, 1.54) is 0 Å². The zero-order valence-electron chi connectivity index (χ0n) is 12.6. The van der Waals surface area contributed by atoms with Gasteiger partial charge in [-0.05, 0) is 12.1 Å². The summed E-state index contributed by atoms with van der Waals surface area (Å²) in [5, 5.41) is 9.41. The molecular formula is C15H15ClN6O. The molecule has 0 aliphatic carbocycles. The zero-order chi connectivity index (χ0) is 16.2. The van der Waals surface area contributed by atoms with Gasteiger partial charge in [-0.1, -0.05) is 11.6 Å². The summed E-state index contributed by atoms with van der Waals surface area (Å²) in [4.78, 5) is 17.1. The fraction of sp³-hybridized carbons (Fsp3) is 0.333. The average Bonchev–Trinajstić information content (AvgIpc) is 2.62. The Bertz CT molecular complexity index is 739. The van der Waals surface area contributed by atoms with Crippen LogP contribution >= 0.6 is 11.6 Å². The molecule has 0 N–H and O–H groups in total. The Morgan fingerprint density at radius 2 is 1.78 bits per heavy atom. The van der Waals surface area contributed by atoms with Crippen molar-refractivity contribution in [1.82, 2.24) is 15.0 Å². The van der Waals surface area contributed by atoms with Crippen LogP contribution < -0.4 is 14.5 Å². The van der Waals surface area contributed by atoms with E-state index in [-0.39, 0.29) is 5.69 Å². The molecule has 3 rings (SSSR count). The van der Waals surface area contributed by atoms with E-state index >= 15 is 0 Å². The molecule has 0 atom stereocenters. The standard InChI is InChI=1S/C15H15ClN6O/c1-23-15-10-18-9-14(20-15)22-6-4-21(5-7-22)13-3-2-11(16)12(8-17)19-13/h2-3,9-10H,4-7H2,1H3. The number of rotatable bonds is 3. The van der Waals surface area contributed by atoms with Crippen molar-refractivity contribution in [3.05, 3.63) is 35.2 Å². The van der Waals surface area contributed by atoms with Crippen LogP contribution in [-0.2, 0) is 0 Å². The van der Waals surface area contributed by atoms with Gasteiger partial charge >= 0.3 is 0 Å². The Morgan fingerprint density at radius 3 is 2.43 bits per heavy atom. The molecule has 0 saturated carbocycles. The molecule has 0 aromatic carbocycles. The van der Waals surface area contributed by atoms with E-state index in [1.807, 2.05) is 12.1 Å². The summed E-state index contributed by atoms with van der Waals surface area (Å²) in [6.07, 6.45) is 3.31. The highest BCUT2D eigenvalue weighted by atomic mass is 35.5. The van der Waals surface area contributed by atoms with Gasteiger partial charge in [0.1, 0.15) is 11.9 Å². The first-order chi connectivity index (χ1) is 11.2. The number of hydrogen-bond acceptors (Lipinski definition) is 7. The topological polar surface area (TPSA) is 78.2 Å². The number of halogens is 1. The van der Waals surface area contributed by atoms with Gasteiger partial charge < -0.3 is 14.5 Å². The van der Waals surface area contributed by atoms with Crippen molar-refractivity contribution in [2.75, 3.05) is 43.1 Å². The van der Waals surface area contributed by atoms with E-state index in [0.29, 0.717) is 10.9 Å². The number of ether oxygens (including phenoxy) is 1. The summed E-state index contributed by atoms with van der Waals surface area (Å²) in [5.41, 5.74) is 0.255. The van der Waals surface area contributed by atoms with Crippen molar-refractivity contribution in [3.8, 4) is 11.9 Å². The van der Waals surface area contributed by atoms with Crippen molar-refractivity contribution in [2.45, 2.75) is 0 Å². The third kappa shape index (κ3) is 3.27. The number of pyridine rings is 1. The second kappa shape index (κ2) is 6.67. The van der Waals surface area contributed by atoms with E-state index < -0.39 is 0 Å². The van der Waals surface area contributed by atoms with Crippen LogP contribution in [0.5, 0.6) is 5.88 Å². The van der Waals surface area contributed by atoms with E-state index in [4.69, 9.17) is 21.6 Å². The molecule has 0 amide bonds. The van der Waals surface area contributed by atoms with E-state index in [0.717, 1.165) is 37.8 Å². The predicted octanol–water partition coefficient (Wildman–Crippen LogP) is 1.73. The van der Waals surface area contributed by atoms with Crippen LogP contribution in [-0.4, -0.2) is 48.2 Å². The fourth-order valence-corrected chi connectivity index (χ4v) is 2.59. The average molecular weight is 331 g/mol. The molecule has 0 spiro atoms. The molecule has 0 bridgehead atoms. The van der Waals surface area contributed by atoms with Gasteiger partial charge in [-0.2, -0.15) is 10.2 Å². The number of methoxy groups -OCH3 is 1. The Morgan fingerprint density at radius 1 is 1.09 bits per heavy atom. The molecule has 1 fully saturated rings. The number of anilines is 2. The lowest BCUT2D eigenvalue weighted by molar-refractivity contribution is 0.395. The number of aromatic nitrogens is 3. The lowest BCUT2D eigenvalue weighted by atomic mass is 10.3. The van der Waals surface area contributed by atoms with Crippen LogP contribution in [0.2, 0.25) is 5.02 Å². The van der Waals surface area contributed by atoms with Gasteiger partial charge in [0.25, 0.3) is 0 Å². The highest BCUT2D eigenvalue weighted by molar-refractivity contribution is 6.31. The Balaban J connectivity index is 1.70. The minimum absolute atomic E-state index is 0.255. The quantitative estimate of drug-likeness (QED) is 0.848. The SMILES string of the molecule is COc1cncc(N2CCN(c3ccc(Cl)c(C#N)n3)CC2)n1. The predicted molar refractivity (Wildman–Crippen MR) is 87.0 cm³/mol. The lowest BCUT2D eigenvalue weighted by Gasteiger charge is -2.35. The molecule has 2 aromatic rings. The van der Waals surface area contributed by atoms with Gasteiger partial charge in [-0.25, -0.2) is 4.98 Å².